The van der Waals surface area contributed by atoms with Gasteiger partial charge in [-0.2, -0.15) is 0 Å². The molecule has 6 rings (SSSR count). The fourth-order valence-electron chi connectivity index (χ4n) is 8.00. The van der Waals surface area contributed by atoms with Crippen molar-refractivity contribution in [2.45, 2.75) is 72.9 Å². The van der Waals surface area contributed by atoms with E-state index in [2.05, 4.69) is 70.5 Å². The summed E-state index contributed by atoms with van der Waals surface area (Å²) in [6.07, 6.45) is 2.76. The van der Waals surface area contributed by atoms with Gasteiger partial charge in [0.2, 0.25) is 0 Å². The van der Waals surface area contributed by atoms with Gasteiger partial charge in [-0.3, -0.25) is 4.90 Å². The molecule has 0 aromatic heterocycles. The molecule has 6 unspecified atom stereocenters. The second-order valence-corrected chi connectivity index (χ2v) is 12.0. The molecule has 6 atom stereocenters. The number of piperidine rings is 2. The van der Waals surface area contributed by atoms with Crippen molar-refractivity contribution in [1.82, 2.24) is 10.2 Å². The van der Waals surface area contributed by atoms with Crippen molar-refractivity contribution < 1.29 is 17.9 Å². The molecule has 1 N–H and O–H groups in total. The topological polar surface area (TPSA) is 24.5 Å². The Bertz CT molecular complexity index is 1250. The molecule has 3 nitrogen and oxygen atoms in total. The SMILES string of the molecule is CNC12CCCC3C(CC(c4cc(OC(F)(F)F)ccc4SC)C(C(c4ccccc4)c4ccccc4)N31)C2. The molecule has 0 aliphatic carbocycles. The summed E-state index contributed by atoms with van der Waals surface area (Å²) in [6, 6.07) is 26.7. The molecular weight excluding hydrogens is 517 g/mol. The highest BCUT2D eigenvalue weighted by atomic mass is 32.2. The molecule has 3 heterocycles. The monoisotopic (exact) mass is 552 g/mol. The van der Waals surface area contributed by atoms with Gasteiger partial charge >= 0.3 is 6.36 Å². The van der Waals surface area contributed by atoms with E-state index in [0.29, 0.717) is 12.0 Å². The van der Waals surface area contributed by atoms with Crippen molar-refractivity contribution in [2.24, 2.45) is 5.92 Å². The molecule has 3 aliphatic rings. The van der Waals surface area contributed by atoms with Gasteiger partial charge in [-0.25, -0.2) is 0 Å². The number of hydrogen-bond acceptors (Lipinski definition) is 4. The maximum Gasteiger partial charge on any atom is 0.573 e. The lowest BCUT2D eigenvalue weighted by molar-refractivity contribution is -0.274. The number of nitrogens with one attached hydrogen (secondary N) is 1. The molecule has 3 aromatic rings. The van der Waals surface area contributed by atoms with Crippen LogP contribution < -0.4 is 10.1 Å². The number of halogens is 3. The fraction of sp³-hybridized carbons (Fsp3) is 0.438. The van der Waals surface area contributed by atoms with Crippen LogP contribution in [0.25, 0.3) is 0 Å². The molecule has 39 heavy (non-hydrogen) atoms. The van der Waals surface area contributed by atoms with E-state index >= 15 is 0 Å². The van der Waals surface area contributed by atoms with Gasteiger partial charge < -0.3 is 10.1 Å². The summed E-state index contributed by atoms with van der Waals surface area (Å²) in [5.41, 5.74) is 3.34. The first-order valence-electron chi connectivity index (χ1n) is 13.8. The minimum atomic E-state index is -4.73. The number of nitrogens with zero attached hydrogens (tertiary/aromatic N) is 1. The van der Waals surface area contributed by atoms with Gasteiger partial charge in [0.1, 0.15) is 5.75 Å². The number of ether oxygens (including phenoxy) is 1. The summed E-state index contributed by atoms with van der Waals surface area (Å²) >= 11 is 1.60. The van der Waals surface area contributed by atoms with Crippen LogP contribution in [0.1, 0.15) is 60.6 Å². The smallest absolute Gasteiger partial charge is 0.406 e. The Labute approximate surface area is 233 Å². The van der Waals surface area contributed by atoms with Crippen LogP contribution in [0.4, 0.5) is 13.2 Å². The van der Waals surface area contributed by atoms with E-state index in [4.69, 9.17) is 0 Å². The summed E-state index contributed by atoms with van der Waals surface area (Å²) in [6.45, 7) is 0. The number of benzene rings is 3. The highest BCUT2D eigenvalue weighted by Crippen LogP contribution is 2.59. The van der Waals surface area contributed by atoms with Gasteiger partial charge in [-0.15, -0.1) is 24.9 Å². The van der Waals surface area contributed by atoms with Gasteiger partial charge in [0.05, 0.1) is 5.66 Å². The minimum absolute atomic E-state index is 0.0456. The first kappa shape index (κ1) is 26.7. The highest BCUT2D eigenvalue weighted by molar-refractivity contribution is 7.98. The van der Waals surface area contributed by atoms with Crippen molar-refractivity contribution in [3.63, 3.8) is 0 Å². The van der Waals surface area contributed by atoms with E-state index in [1.165, 1.54) is 30.0 Å². The van der Waals surface area contributed by atoms with Crippen LogP contribution in [0.2, 0.25) is 0 Å². The van der Waals surface area contributed by atoms with Crippen LogP contribution in [0.5, 0.6) is 5.75 Å². The zero-order valence-corrected chi connectivity index (χ0v) is 23.1. The molecule has 0 amide bonds. The summed E-state index contributed by atoms with van der Waals surface area (Å²) in [4.78, 5) is 3.78. The van der Waals surface area contributed by atoms with Crippen molar-refractivity contribution in [1.29, 1.82) is 0 Å². The lowest BCUT2D eigenvalue weighted by Gasteiger charge is -2.55. The highest BCUT2D eigenvalue weighted by Gasteiger charge is 2.61. The molecule has 3 fully saturated rings. The van der Waals surface area contributed by atoms with Crippen LogP contribution in [0, 0.1) is 5.92 Å². The van der Waals surface area contributed by atoms with E-state index in [-0.39, 0.29) is 29.3 Å². The van der Waals surface area contributed by atoms with Crippen LogP contribution in [0.15, 0.2) is 83.8 Å². The van der Waals surface area contributed by atoms with Gasteiger partial charge in [-0.1, -0.05) is 60.7 Å². The first-order valence-corrected chi connectivity index (χ1v) is 15.1. The van der Waals surface area contributed by atoms with E-state index in [9.17, 15) is 13.2 Å². The Balaban J connectivity index is 1.56. The van der Waals surface area contributed by atoms with E-state index in [1.807, 2.05) is 18.4 Å². The maximum absolute atomic E-state index is 13.3. The number of thioether (sulfide) groups is 1. The molecule has 3 aliphatic heterocycles. The molecular formula is C32H35F3N2OS. The predicted molar refractivity (Wildman–Crippen MR) is 150 cm³/mol. The maximum atomic E-state index is 13.3. The summed E-state index contributed by atoms with van der Waals surface area (Å²) in [7, 11) is 2.08. The minimum Gasteiger partial charge on any atom is -0.406 e. The van der Waals surface area contributed by atoms with Crippen LogP contribution >= 0.6 is 11.8 Å². The number of hydrogen-bond donors (Lipinski definition) is 1. The largest absolute Gasteiger partial charge is 0.573 e. The number of alkyl halides is 3. The number of rotatable bonds is 7. The average molecular weight is 553 g/mol. The Morgan fingerprint density at radius 3 is 2.26 bits per heavy atom. The van der Waals surface area contributed by atoms with Crippen LogP contribution in [-0.4, -0.2) is 42.3 Å². The Morgan fingerprint density at radius 2 is 1.67 bits per heavy atom. The fourth-order valence-corrected chi connectivity index (χ4v) is 8.65. The molecule has 206 valence electrons. The van der Waals surface area contributed by atoms with Crippen LogP contribution in [-0.2, 0) is 0 Å². The Morgan fingerprint density at radius 1 is 1.00 bits per heavy atom. The molecule has 0 saturated carbocycles. The Hall–Kier alpha value is -2.48. The summed E-state index contributed by atoms with van der Waals surface area (Å²) < 4.78 is 44.3. The van der Waals surface area contributed by atoms with Crippen molar-refractivity contribution in [2.75, 3.05) is 13.3 Å². The zero-order chi connectivity index (χ0) is 27.2. The van der Waals surface area contributed by atoms with E-state index in [1.54, 1.807) is 23.9 Å². The molecule has 3 saturated heterocycles. The molecule has 0 radical (unpaired) electrons. The average Bonchev–Trinajstić information content (AvgIpc) is 3.05. The third-order valence-corrected chi connectivity index (χ3v) is 10.1. The quantitative estimate of drug-likeness (QED) is 0.303. The summed E-state index contributed by atoms with van der Waals surface area (Å²) in [5.74, 6) is 0.465. The zero-order valence-electron chi connectivity index (χ0n) is 22.3. The molecule has 7 heteroatoms. The Kier molecular flexibility index (Phi) is 7.19. The van der Waals surface area contributed by atoms with Gasteiger partial charge in [0, 0.05) is 28.8 Å². The lowest BCUT2D eigenvalue weighted by atomic mass is 9.69. The van der Waals surface area contributed by atoms with Crippen molar-refractivity contribution >= 4 is 11.8 Å². The third-order valence-electron chi connectivity index (χ3n) is 9.33. The second kappa shape index (κ2) is 10.5. The standard InChI is InChI=1S/C32H35F3N2OS/c1-36-31-17-9-14-27-23(20-31)18-26(25-19-24(38-32(33,34)35)15-16-28(25)39-2)30(37(27)31)29(21-10-5-3-6-11-21)22-12-7-4-8-13-22/h3-8,10-13,15-16,19,23,26-27,29-30,36H,9,14,17-18,20H2,1-2H3. The summed E-state index contributed by atoms with van der Waals surface area (Å²) in [5, 5.41) is 3.76. The first-order chi connectivity index (χ1) is 18.8. The normalized spacial score (nSPS) is 29.9. The lowest BCUT2D eigenvalue weighted by Crippen LogP contribution is -2.65. The molecule has 3 aromatic carbocycles. The van der Waals surface area contributed by atoms with Gasteiger partial charge in [0.15, 0.2) is 0 Å². The molecule has 4 bridgehead atoms. The van der Waals surface area contributed by atoms with Crippen molar-refractivity contribution in [3.8, 4) is 5.75 Å². The molecule has 0 spiro atoms. The van der Waals surface area contributed by atoms with Gasteiger partial charge in [-0.05, 0) is 86.2 Å². The van der Waals surface area contributed by atoms with Crippen molar-refractivity contribution in [3.05, 3.63) is 95.6 Å². The predicted octanol–water partition coefficient (Wildman–Crippen LogP) is 7.79. The van der Waals surface area contributed by atoms with E-state index in [0.717, 1.165) is 29.7 Å². The van der Waals surface area contributed by atoms with E-state index < -0.39 is 6.36 Å². The van der Waals surface area contributed by atoms with Gasteiger partial charge in [0.25, 0.3) is 0 Å². The van der Waals surface area contributed by atoms with Crippen LogP contribution in [0.3, 0.4) is 0 Å². The third kappa shape index (κ3) is 4.87. The second-order valence-electron chi connectivity index (χ2n) is 11.2.